The molecule has 1 aliphatic rings. The number of anilines is 1. The van der Waals surface area contributed by atoms with Gasteiger partial charge in [-0.25, -0.2) is 0 Å². The number of nitrogens with one attached hydrogen (secondary N) is 1. The number of thioether (sulfide) groups is 1. The third kappa shape index (κ3) is 2.70. The van der Waals surface area contributed by atoms with Gasteiger partial charge in [-0.1, -0.05) is 30.0 Å². The van der Waals surface area contributed by atoms with Gasteiger partial charge in [0.15, 0.2) is 0 Å². The summed E-state index contributed by atoms with van der Waals surface area (Å²) in [5.74, 6) is -0.560. The summed E-state index contributed by atoms with van der Waals surface area (Å²) in [5.41, 5.74) is 1.62. The molecule has 1 saturated heterocycles. The lowest BCUT2D eigenvalue weighted by atomic mass is 10.2. The van der Waals surface area contributed by atoms with Crippen LogP contribution in [0.4, 0.5) is 10.5 Å². The van der Waals surface area contributed by atoms with Gasteiger partial charge in [0.25, 0.3) is 5.24 Å². The number of hydrogen-bond acceptors (Lipinski definition) is 4. The quantitative estimate of drug-likeness (QED) is 0.901. The number of para-hydroxylation sites is 1. The number of carbonyl (C=O) groups is 3. The molecule has 94 valence electrons. The van der Waals surface area contributed by atoms with Crippen LogP contribution in [0.1, 0.15) is 5.56 Å². The van der Waals surface area contributed by atoms with Crippen LogP contribution in [0, 0.1) is 6.92 Å². The lowest BCUT2D eigenvalue weighted by molar-refractivity contribution is -0.128. The number of aryl methyl sites for hydroxylation is 1. The van der Waals surface area contributed by atoms with Crippen LogP contribution in [-0.2, 0) is 9.59 Å². The van der Waals surface area contributed by atoms with E-state index in [-0.39, 0.29) is 29.4 Å². The third-order valence-electron chi connectivity index (χ3n) is 2.56. The second-order valence-electron chi connectivity index (χ2n) is 3.90. The van der Waals surface area contributed by atoms with E-state index in [1.54, 1.807) is 6.07 Å². The van der Waals surface area contributed by atoms with Crippen molar-refractivity contribution in [2.45, 2.75) is 6.92 Å². The Labute approximate surface area is 109 Å². The van der Waals surface area contributed by atoms with E-state index in [0.29, 0.717) is 5.69 Å². The molecule has 0 bridgehead atoms. The molecule has 0 spiro atoms. The average Bonchev–Trinajstić information content (AvgIpc) is 2.64. The van der Waals surface area contributed by atoms with Crippen molar-refractivity contribution in [3.8, 4) is 0 Å². The maximum atomic E-state index is 11.7. The Hall–Kier alpha value is -1.82. The first-order valence-electron chi connectivity index (χ1n) is 5.40. The Kier molecular flexibility index (Phi) is 3.66. The molecule has 0 aromatic heterocycles. The molecule has 2 rings (SSSR count). The predicted octanol–water partition coefficient (Wildman–Crippen LogP) is 1.63. The number of amides is 3. The van der Waals surface area contributed by atoms with Gasteiger partial charge >= 0.3 is 0 Å². The van der Waals surface area contributed by atoms with Crippen molar-refractivity contribution >= 4 is 34.5 Å². The van der Waals surface area contributed by atoms with Crippen LogP contribution in [0.5, 0.6) is 0 Å². The Morgan fingerprint density at radius 2 is 2.11 bits per heavy atom. The molecule has 6 heteroatoms. The third-order valence-corrected chi connectivity index (χ3v) is 3.42. The van der Waals surface area contributed by atoms with Crippen LogP contribution < -0.4 is 5.32 Å². The lowest BCUT2D eigenvalue weighted by Gasteiger charge is -2.13. The van der Waals surface area contributed by atoms with E-state index in [9.17, 15) is 14.4 Å². The fourth-order valence-corrected chi connectivity index (χ4v) is 2.31. The largest absolute Gasteiger partial charge is 0.324 e. The minimum Gasteiger partial charge on any atom is -0.324 e. The van der Waals surface area contributed by atoms with Gasteiger partial charge in [-0.3, -0.25) is 19.3 Å². The normalized spacial score (nSPS) is 15.1. The van der Waals surface area contributed by atoms with E-state index in [1.807, 2.05) is 25.1 Å². The molecule has 1 fully saturated rings. The van der Waals surface area contributed by atoms with E-state index in [2.05, 4.69) is 5.32 Å². The first kappa shape index (κ1) is 12.6. The summed E-state index contributed by atoms with van der Waals surface area (Å²) in [6.07, 6.45) is 0. The average molecular weight is 264 g/mol. The highest BCUT2D eigenvalue weighted by atomic mass is 32.2. The number of imide groups is 1. The summed E-state index contributed by atoms with van der Waals surface area (Å²) >= 11 is 0.922. The first-order valence-corrected chi connectivity index (χ1v) is 6.39. The molecule has 1 aliphatic heterocycles. The SMILES string of the molecule is Cc1ccccc1NC(=O)CN1C(=O)CSC1=O. The summed E-state index contributed by atoms with van der Waals surface area (Å²) in [6, 6.07) is 7.33. The molecule has 1 heterocycles. The van der Waals surface area contributed by atoms with Crippen molar-refractivity contribution in [1.82, 2.24) is 4.90 Å². The number of hydrogen-bond donors (Lipinski definition) is 1. The molecule has 0 atom stereocenters. The molecular formula is C12H12N2O3S. The Balaban J connectivity index is 1.99. The topological polar surface area (TPSA) is 66.5 Å². The monoisotopic (exact) mass is 264 g/mol. The highest BCUT2D eigenvalue weighted by Crippen LogP contribution is 2.19. The second-order valence-corrected chi connectivity index (χ2v) is 4.82. The maximum absolute atomic E-state index is 11.7. The minimum atomic E-state index is -0.367. The number of carbonyl (C=O) groups excluding carboxylic acids is 3. The van der Waals surface area contributed by atoms with E-state index in [1.165, 1.54) is 0 Å². The van der Waals surface area contributed by atoms with E-state index in [4.69, 9.17) is 0 Å². The van der Waals surface area contributed by atoms with Crippen molar-refractivity contribution in [1.29, 1.82) is 0 Å². The molecule has 1 aromatic rings. The van der Waals surface area contributed by atoms with Crippen LogP contribution in [0.15, 0.2) is 24.3 Å². The summed E-state index contributed by atoms with van der Waals surface area (Å²) < 4.78 is 0. The van der Waals surface area contributed by atoms with E-state index < -0.39 is 0 Å². The Morgan fingerprint density at radius 1 is 1.39 bits per heavy atom. The van der Waals surface area contributed by atoms with Gasteiger partial charge in [-0.05, 0) is 18.6 Å². The van der Waals surface area contributed by atoms with Crippen molar-refractivity contribution in [2.75, 3.05) is 17.6 Å². The number of benzene rings is 1. The molecular weight excluding hydrogens is 252 g/mol. The zero-order valence-electron chi connectivity index (χ0n) is 9.80. The summed E-state index contributed by atoms with van der Waals surface area (Å²) in [7, 11) is 0. The van der Waals surface area contributed by atoms with Gasteiger partial charge in [-0.15, -0.1) is 0 Å². The molecule has 1 N–H and O–H groups in total. The van der Waals surface area contributed by atoms with Crippen LogP contribution >= 0.6 is 11.8 Å². The highest BCUT2D eigenvalue weighted by molar-refractivity contribution is 8.14. The second kappa shape index (κ2) is 5.22. The summed E-state index contributed by atoms with van der Waals surface area (Å²) in [5, 5.41) is 2.32. The van der Waals surface area contributed by atoms with Crippen molar-refractivity contribution < 1.29 is 14.4 Å². The minimum absolute atomic E-state index is 0.122. The smallest absolute Gasteiger partial charge is 0.289 e. The molecule has 1 aromatic carbocycles. The molecule has 0 radical (unpaired) electrons. The van der Waals surface area contributed by atoms with E-state index in [0.717, 1.165) is 22.2 Å². The van der Waals surface area contributed by atoms with Crippen molar-refractivity contribution in [3.63, 3.8) is 0 Å². The summed E-state index contributed by atoms with van der Waals surface area (Å²) in [4.78, 5) is 35.4. The van der Waals surface area contributed by atoms with Crippen LogP contribution in [0.2, 0.25) is 0 Å². The molecule has 0 saturated carbocycles. The van der Waals surface area contributed by atoms with Gasteiger partial charge in [0.2, 0.25) is 11.8 Å². The van der Waals surface area contributed by atoms with Crippen LogP contribution in [-0.4, -0.2) is 34.3 Å². The van der Waals surface area contributed by atoms with E-state index >= 15 is 0 Å². The predicted molar refractivity (Wildman–Crippen MR) is 69.4 cm³/mol. The zero-order valence-corrected chi connectivity index (χ0v) is 10.6. The van der Waals surface area contributed by atoms with Gasteiger partial charge in [0, 0.05) is 5.69 Å². The fourth-order valence-electron chi connectivity index (χ4n) is 1.58. The van der Waals surface area contributed by atoms with Gasteiger partial charge in [0.05, 0.1) is 5.75 Å². The van der Waals surface area contributed by atoms with Gasteiger partial charge in [0.1, 0.15) is 6.54 Å². The van der Waals surface area contributed by atoms with Crippen molar-refractivity contribution in [3.05, 3.63) is 29.8 Å². The number of rotatable bonds is 3. The molecule has 3 amide bonds. The standard InChI is InChI=1S/C12H12N2O3S/c1-8-4-2-3-5-9(8)13-10(15)6-14-11(16)7-18-12(14)17/h2-5H,6-7H2,1H3,(H,13,15). The number of nitrogens with zero attached hydrogens (tertiary/aromatic N) is 1. The maximum Gasteiger partial charge on any atom is 0.289 e. The van der Waals surface area contributed by atoms with Crippen LogP contribution in [0.25, 0.3) is 0 Å². The Bertz CT molecular complexity index is 500. The van der Waals surface area contributed by atoms with Crippen molar-refractivity contribution in [2.24, 2.45) is 0 Å². The lowest BCUT2D eigenvalue weighted by Crippen LogP contribution is -2.36. The van der Waals surface area contributed by atoms with Gasteiger partial charge < -0.3 is 5.32 Å². The molecule has 18 heavy (non-hydrogen) atoms. The highest BCUT2D eigenvalue weighted by Gasteiger charge is 2.31. The molecule has 5 nitrogen and oxygen atoms in total. The van der Waals surface area contributed by atoms with Gasteiger partial charge in [-0.2, -0.15) is 0 Å². The summed E-state index contributed by atoms with van der Waals surface area (Å²) in [6.45, 7) is 1.65. The molecule has 0 aliphatic carbocycles. The van der Waals surface area contributed by atoms with Crippen LogP contribution in [0.3, 0.4) is 0 Å². The molecule has 0 unspecified atom stereocenters. The first-order chi connectivity index (χ1) is 8.58. The zero-order chi connectivity index (χ0) is 13.1. The Morgan fingerprint density at radius 3 is 2.72 bits per heavy atom. The fraction of sp³-hybridized carbons (Fsp3) is 0.250.